The summed E-state index contributed by atoms with van der Waals surface area (Å²) in [5.74, 6) is 1.05. The van der Waals surface area contributed by atoms with E-state index in [0.29, 0.717) is 12.2 Å². The molecule has 2 aliphatic rings. The van der Waals surface area contributed by atoms with Crippen LogP contribution in [0.4, 0.5) is 0 Å². The van der Waals surface area contributed by atoms with Crippen molar-refractivity contribution in [2.75, 3.05) is 39.4 Å². The standard InChI is InChI=1S/C25H41N3O2/c1-4-26-24(27-20-25(2,3)18-21-10-6-5-7-11-21)28-15-13-22(14-16-28)30-19-23-12-8-9-17-29-23/h5-7,10-11,22-23H,4,8-9,12-20H2,1-3H3,(H,26,27). The van der Waals surface area contributed by atoms with Gasteiger partial charge in [0, 0.05) is 32.8 Å². The van der Waals surface area contributed by atoms with Gasteiger partial charge in [-0.15, -0.1) is 0 Å². The van der Waals surface area contributed by atoms with E-state index < -0.39 is 0 Å². The summed E-state index contributed by atoms with van der Waals surface area (Å²) < 4.78 is 12.0. The molecule has 0 saturated carbocycles. The molecule has 5 heteroatoms. The van der Waals surface area contributed by atoms with Crippen LogP contribution >= 0.6 is 0 Å². The van der Waals surface area contributed by atoms with Gasteiger partial charge in [0.25, 0.3) is 0 Å². The summed E-state index contributed by atoms with van der Waals surface area (Å²) in [6, 6.07) is 10.7. The molecular formula is C25H41N3O2. The third-order valence-corrected chi connectivity index (χ3v) is 6.05. The number of aliphatic imine (C=N–C) groups is 1. The minimum Gasteiger partial charge on any atom is -0.376 e. The molecule has 1 atom stereocenters. The van der Waals surface area contributed by atoms with E-state index >= 15 is 0 Å². The maximum atomic E-state index is 6.18. The Hall–Kier alpha value is -1.59. The Morgan fingerprint density at radius 1 is 1.17 bits per heavy atom. The van der Waals surface area contributed by atoms with Gasteiger partial charge in [0.1, 0.15) is 0 Å². The van der Waals surface area contributed by atoms with E-state index in [1.54, 1.807) is 0 Å². The first-order valence-corrected chi connectivity index (χ1v) is 11.9. The van der Waals surface area contributed by atoms with Crippen LogP contribution in [0, 0.1) is 5.41 Å². The highest BCUT2D eigenvalue weighted by atomic mass is 16.5. The minimum atomic E-state index is 0.128. The zero-order chi connectivity index (χ0) is 21.2. The zero-order valence-corrected chi connectivity index (χ0v) is 19.2. The second kappa shape index (κ2) is 11.7. The first kappa shape index (κ1) is 23.1. The molecule has 1 aromatic carbocycles. The lowest BCUT2D eigenvalue weighted by Crippen LogP contribution is -2.47. The minimum absolute atomic E-state index is 0.128. The molecule has 3 rings (SSSR count). The SMILES string of the molecule is CCNC(=NCC(C)(C)Cc1ccccc1)N1CCC(OCC2CCCCO2)CC1. The van der Waals surface area contributed by atoms with Crippen LogP contribution in [0.2, 0.25) is 0 Å². The molecule has 0 amide bonds. The van der Waals surface area contributed by atoms with Gasteiger partial charge in [-0.1, -0.05) is 44.2 Å². The second-order valence-electron chi connectivity index (χ2n) is 9.51. The van der Waals surface area contributed by atoms with Crippen LogP contribution in [0.3, 0.4) is 0 Å². The van der Waals surface area contributed by atoms with Crippen LogP contribution in [-0.2, 0) is 15.9 Å². The highest BCUT2D eigenvalue weighted by Gasteiger charge is 2.25. The van der Waals surface area contributed by atoms with Gasteiger partial charge in [0.15, 0.2) is 5.96 Å². The summed E-state index contributed by atoms with van der Waals surface area (Å²) in [4.78, 5) is 7.42. The van der Waals surface area contributed by atoms with Crippen molar-refractivity contribution >= 4 is 5.96 Å². The van der Waals surface area contributed by atoms with Crippen molar-refractivity contribution in [1.82, 2.24) is 10.2 Å². The van der Waals surface area contributed by atoms with Crippen LogP contribution in [0.15, 0.2) is 35.3 Å². The molecule has 5 nitrogen and oxygen atoms in total. The molecule has 2 fully saturated rings. The molecule has 1 aromatic rings. The third-order valence-electron chi connectivity index (χ3n) is 6.05. The fourth-order valence-corrected chi connectivity index (χ4v) is 4.34. The second-order valence-corrected chi connectivity index (χ2v) is 9.51. The quantitative estimate of drug-likeness (QED) is 0.509. The van der Waals surface area contributed by atoms with Crippen molar-refractivity contribution in [1.29, 1.82) is 0 Å². The lowest BCUT2D eigenvalue weighted by Gasteiger charge is -2.35. The summed E-state index contributed by atoms with van der Waals surface area (Å²) in [6.07, 6.45) is 7.44. The van der Waals surface area contributed by atoms with Gasteiger partial charge in [-0.3, -0.25) is 4.99 Å². The van der Waals surface area contributed by atoms with Crippen molar-refractivity contribution in [2.45, 2.75) is 71.5 Å². The number of hydrogen-bond donors (Lipinski definition) is 1. The highest BCUT2D eigenvalue weighted by Crippen LogP contribution is 2.23. The summed E-state index contributed by atoms with van der Waals surface area (Å²) in [6.45, 7) is 12.1. The fraction of sp³-hybridized carbons (Fsp3) is 0.720. The molecule has 0 bridgehead atoms. The first-order chi connectivity index (χ1) is 14.6. The van der Waals surface area contributed by atoms with Gasteiger partial charge >= 0.3 is 0 Å². The topological polar surface area (TPSA) is 46.1 Å². The van der Waals surface area contributed by atoms with Crippen molar-refractivity contribution < 1.29 is 9.47 Å². The van der Waals surface area contributed by atoms with Crippen molar-refractivity contribution in [3.63, 3.8) is 0 Å². The average molecular weight is 416 g/mol. The summed E-state index contributed by atoms with van der Waals surface area (Å²) in [5, 5.41) is 3.50. The maximum Gasteiger partial charge on any atom is 0.193 e. The summed E-state index contributed by atoms with van der Waals surface area (Å²) in [7, 11) is 0. The van der Waals surface area contributed by atoms with Gasteiger partial charge in [0.2, 0.25) is 0 Å². The monoisotopic (exact) mass is 415 g/mol. The number of piperidine rings is 1. The van der Waals surface area contributed by atoms with E-state index in [0.717, 1.165) is 71.0 Å². The maximum absolute atomic E-state index is 6.18. The van der Waals surface area contributed by atoms with Gasteiger partial charge in [0.05, 0.1) is 18.8 Å². The predicted molar refractivity (Wildman–Crippen MR) is 124 cm³/mol. The molecule has 2 aliphatic heterocycles. The van der Waals surface area contributed by atoms with Gasteiger partial charge in [-0.05, 0) is 56.4 Å². The molecule has 1 unspecified atom stereocenters. The summed E-state index contributed by atoms with van der Waals surface area (Å²) in [5.41, 5.74) is 1.51. The Kier molecular flexibility index (Phi) is 9.01. The van der Waals surface area contributed by atoms with Crippen LogP contribution in [-0.4, -0.2) is 62.5 Å². The largest absolute Gasteiger partial charge is 0.376 e. The number of nitrogens with one attached hydrogen (secondary N) is 1. The number of nitrogens with zero attached hydrogens (tertiary/aromatic N) is 2. The third kappa shape index (κ3) is 7.59. The van der Waals surface area contributed by atoms with Crippen LogP contribution < -0.4 is 5.32 Å². The van der Waals surface area contributed by atoms with Crippen LogP contribution in [0.5, 0.6) is 0 Å². The molecule has 0 aromatic heterocycles. The average Bonchev–Trinajstić information content (AvgIpc) is 2.77. The molecule has 168 valence electrons. The van der Waals surface area contributed by atoms with Crippen LogP contribution in [0.25, 0.3) is 0 Å². The predicted octanol–water partition coefficient (Wildman–Crippen LogP) is 4.27. The van der Waals surface area contributed by atoms with Crippen molar-refractivity contribution in [2.24, 2.45) is 10.4 Å². The number of likely N-dealkylation sites (tertiary alicyclic amines) is 1. The normalized spacial score (nSPS) is 21.6. The number of hydrogen-bond acceptors (Lipinski definition) is 3. The molecule has 2 heterocycles. The van der Waals surface area contributed by atoms with Crippen LogP contribution in [0.1, 0.15) is 58.4 Å². The van der Waals surface area contributed by atoms with E-state index in [2.05, 4.69) is 61.3 Å². The molecule has 0 radical (unpaired) electrons. The van der Waals surface area contributed by atoms with Gasteiger partial charge in [-0.25, -0.2) is 0 Å². The Balaban J connectivity index is 1.47. The van der Waals surface area contributed by atoms with E-state index in [9.17, 15) is 0 Å². The van der Waals surface area contributed by atoms with Gasteiger partial charge < -0.3 is 19.7 Å². The number of rotatable bonds is 8. The first-order valence-electron chi connectivity index (χ1n) is 11.9. The lowest BCUT2D eigenvalue weighted by atomic mass is 9.86. The van der Waals surface area contributed by atoms with E-state index in [1.807, 2.05) is 0 Å². The lowest BCUT2D eigenvalue weighted by molar-refractivity contribution is -0.0721. The van der Waals surface area contributed by atoms with E-state index in [-0.39, 0.29) is 5.41 Å². The molecule has 2 saturated heterocycles. The smallest absolute Gasteiger partial charge is 0.193 e. The molecule has 0 spiro atoms. The Morgan fingerprint density at radius 3 is 2.60 bits per heavy atom. The fourth-order valence-electron chi connectivity index (χ4n) is 4.34. The Labute approximate surface area is 183 Å². The van der Waals surface area contributed by atoms with Gasteiger partial charge in [-0.2, -0.15) is 0 Å². The zero-order valence-electron chi connectivity index (χ0n) is 19.2. The molecule has 30 heavy (non-hydrogen) atoms. The van der Waals surface area contributed by atoms with E-state index in [1.165, 1.54) is 18.4 Å². The Bertz CT molecular complexity index is 633. The van der Waals surface area contributed by atoms with Crippen molar-refractivity contribution in [3.05, 3.63) is 35.9 Å². The number of ether oxygens (including phenoxy) is 2. The Morgan fingerprint density at radius 2 is 1.93 bits per heavy atom. The molecular weight excluding hydrogens is 374 g/mol. The van der Waals surface area contributed by atoms with E-state index in [4.69, 9.17) is 14.5 Å². The molecule has 0 aliphatic carbocycles. The highest BCUT2D eigenvalue weighted by molar-refractivity contribution is 5.80. The number of benzene rings is 1. The number of guanidine groups is 1. The molecule has 1 N–H and O–H groups in total. The van der Waals surface area contributed by atoms with Crippen molar-refractivity contribution in [3.8, 4) is 0 Å². The summed E-state index contributed by atoms with van der Waals surface area (Å²) >= 11 is 0.